The Labute approximate surface area is 148 Å². The van der Waals surface area contributed by atoms with E-state index in [0.717, 1.165) is 5.56 Å². The molecule has 0 amide bonds. The van der Waals surface area contributed by atoms with Crippen LogP contribution in [0, 0.1) is 5.82 Å². The Bertz CT molecular complexity index is 1030. The second-order valence-corrected chi connectivity index (χ2v) is 5.45. The number of halogens is 1. The molecule has 0 aliphatic carbocycles. The third-order valence-electron chi connectivity index (χ3n) is 3.61. The summed E-state index contributed by atoms with van der Waals surface area (Å²) in [7, 11) is 0. The largest absolute Gasteiger partial charge is 0.438 e. The molecule has 0 saturated heterocycles. The van der Waals surface area contributed by atoms with E-state index >= 15 is 0 Å². The Morgan fingerprint density at radius 2 is 1.62 bits per heavy atom. The van der Waals surface area contributed by atoms with Crippen molar-refractivity contribution in [1.82, 2.24) is 15.2 Å². The normalized spacial score (nSPS) is 10.7. The van der Waals surface area contributed by atoms with Crippen molar-refractivity contribution in [3.05, 3.63) is 72.7 Å². The summed E-state index contributed by atoms with van der Waals surface area (Å²) in [5, 5.41) is 8.14. The molecule has 2 heterocycles. The van der Waals surface area contributed by atoms with Crippen LogP contribution >= 0.6 is 0 Å². The van der Waals surface area contributed by atoms with E-state index in [9.17, 15) is 4.39 Å². The van der Waals surface area contributed by atoms with E-state index in [-0.39, 0.29) is 17.6 Å². The lowest BCUT2D eigenvalue weighted by Crippen LogP contribution is -1.91. The molecular weight excluding hydrogens is 335 g/mol. The number of hydrogen-bond donors (Lipinski definition) is 1. The molecule has 7 heteroatoms. The molecule has 6 nitrogen and oxygen atoms in total. The Kier molecular flexibility index (Phi) is 4.03. The van der Waals surface area contributed by atoms with Crippen LogP contribution in [0.2, 0.25) is 0 Å². The highest BCUT2D eigenvalue weighted by molar-refractivity contribution is 5.63. The van der Waals surface area contributed by atoms with Crippen LogP contribution in [0.5, 0.6) is 11.6 Å². The fourth-order valence-corrected chi connectivity index (χ4v) is 2.32. The zero-order valence-electron chi connectivity index (χ0n) is 13.5. The molecule has 0 fully saturated rings. The first-order valence-corrected chi connectivity index (χ1v) is 7.77. The van der Waals surface area contributed by atoms with Crippen LogP contribution in [0.25, 0.3) is 22.9 Å². The lowest BCUT2D eigenvalue weighted by Gasteiger charge is -2.07. The highest BCUT2D eigenvalue weighted by atomic mass is 19.1. The van der Waals surface area contributed by atoms with Crippen molar-refractivity contribution in [3.8, 4) is 34.5 Å². The Morgan fingerprint density at radius 3 is 2.38 bits per heavy atom. The summed E-state index contributed by atoms with van der Waals surface area (Å²) >= 11 is 0. The van der Waals surface area contributed by atoms with Gasteiger partial charge in [-0.1, -0.05) is 0 Å². The SMILES string of the molecule is Nc1ccc(-c2nnc(-c3cccnc3Oc3ccc(F)cc3)o2)cc1. The van der Waals surface area contributed by atoms with Gasteiger partial charge >= 0.3 is 0 Å². The van der Waals surface area contributed by atoms with Gasteiger partial charge in [0.15, 0.2) is 0 Å². The zero-order valence-corrected chi connectivity index (χ0v) is 13.5. The number of aromatic nitrogens is 3. The van der Waals surface area contributed by atoms with Gasteiger partial charge in [0.25, 0.3) is 5.89 Å². The van der Waals surface area contributed by atoms with Crippen LogP contribution in [-0.2, 0) is 0 Å². The van der Waals surface area contributed by atoms with E-state index in [1.165, 1.54) is 24.3 Å². The van der Waals surface area contributed by atoms with Crippen LogP contribution in [0.3, 0.4) is 0 Å². The summed E-state index contributed by atoms with van der Waals surface area (Å²) in [6.45, 7) is 0. The Morgan fingerprint density at radius 1 is 0.885 bits per heavy atom. The molecule has 0 unspecified atom stereocenters. The van der Waals surface area contributed by atoms with E-state index in [1.54, 1.807) is 42.6 Å². The summed E-state index contributed by atoms with van der Waals surface area (Å²) < 4.78 is 24.5. The highest BCUT2D eigenvalue weighted by Crippen LogP contribution is 2.32. The molecular formula is C19H13FN4O2. The molecule has 0 aliphatic heterocycles. The third kappa shape index (κ3) is 3.23. The maximum Gasteiger partial charge on any atom is 0.253 e. The molecule has 4 aromatic rings. The van der Waals surface area contributed by atoms with Gasteiger partial charge in [-0.15, -0.1) is 10.2 Å². The van der Waals surface area contributed by atoms with Crippen molar-refractivity contribution >= 4 is 5.69 Å². The van der Waals surface area contributed by atoms with Gasteiger partial charge < -0.3 is 14.9 Å². The predicted molar refractivity (Wildman–Crippen MR) is 93.9 cm³/mol. The summed E-state index contributed by atoms with van der Waals surface area (Å²) in [4.78, 5) is 4.21. The zero-order chi connectivity index (χ0) is 17.9. The van der Waals surface area contributed by atoms with Crippen molar-refractivity contribution in [1.29, 1.82) is 0 Å². The van der Waals surface area contributed by atoms with Crippen molar-refractivity contribution in [2.24, 2.45) is 0 Å². The molecule has 4 rings (SSSR count). The van der Waals surface area contributed by atoms with Crippen LogP contribution in [0.1, 0.15) is 0 Å². The second-order valence-electron chi connectivity index (χ2n) is 5.45. The van der Waals surface area contributed by atoms with Crippen molar-refractivity contribution in [3.63, 3.8) is 0 Å². The number of benzene rings is 2. The van der Waals surface area contributed by atoms with Gasteiger partial charge in [0.2, 0.25) is 11.8 Å². The Balaban J connectivity index is 1.66. The molecule has 0 spiro atoms. The molecule has 26 heavy (non-hydrogen) atoms. The quantitative estimate of drug-likeness (QED) is 0.553. The number of nitrogens with two attached hydrogens (primary N) is 1. The van der Waals surface area contributed by atoms with E-state index in [2.05, 4.69) is 15.2 Å². The maximum absolute atomic E-state index is 13.0. The first-order chi connectivity index (χ1) is 12.7. The summed E-state index contributed by atoms with van der Waals surface area (Å²) in [6.07, 6.45) is 1.58. The monoisotopic (exact) mass is 348 g/mol. The number of ether oxygens (including phenoxy) is 1. The van der Waals surface area contributed by atoms with Crippen LogP contribution < -0.4 is 10.5 Å². The maximum atomic E-state index is 13.0. The van der Waals surface area contributed by atoms with Gasteiger partial charge in [0.05, 0.1) is 0 Å². The molecule has 2 N–H and O–H groups in total. The number of pyridine rings is 1. The molecule has 2 aromatic carbocycles. The van der Waals surface area contributed by atoms with E-state index < -0.39 is 0 Å². The number of hydrogen-bond acceptors (Lipinski definition) is 6. The lowest BCUT2D eigenvalue weighted by atomic mass is 10.2. The lowest BCUT2D eigenvalue weighted by molar-refractivity contribution is 0.460. The summed E-state index contributed by atoms with van der Waals surface area (Å²) in [5.74, 6) is 1.01. The molecule has 0 bridgehead atoms. The fraction of sp³-hybridized carbons (Fsp3) is 0. The van der Waals surface area contributed by atoms with Crippen LogP contribution in [0.4, 0.5) is 10.1 Å². The molecule has 2 aromatic heterocycles. The summed E-state index contributed by atoms with van der Waals surface area (Å²) in [5.41, 5.74) is 7.62. The van der Waals surface area contributed by atoms with Crippen LogP contribution in [-0.4, -0.2) is 15.2 Å². The number of nitrogen functional groups attached to an aromatic ring is 1. The fourth-order valence-electron chi connectivity index (χ4n) is 2.32. The van der Waals surface area contributed by atoms with Crippen LogP contribution in [0.15, 0.2) is 71.3 Å². The Hall–Kier alpha value is -3.74. The standard InChI is InChI=1S/C19H13FN4O2/c20-13-5-9-15(10-6-13)25-18-16(2-1-11-22-18)19-24-23-17(26-19)12-3-7-14(21)8-4-12/h1-11H,21H2. The number of rotatable bonds is 4. The number of nitrogens with zero attached hydrogens (tertiary/aromatic N) is 3. The number of anilines is 1. The van der Waals surface area contributed by atoms with Gasteiger partial charge in [-0.3, -0.25) is 0 Å². The van der Waals surface area contributed by atoms with Gasteiger partial charge in [-0.05, 0) is 60.7 Å². The average molecular weight is 348 g/mol. The van der Waals surface area contributed by atoms with Gasteiger partial charge in [0, 0.05) is 17.4 Å². The van der Waals surface area contributed by atoms with Gasteiger partial charge in [0.1, 0.15) is 17.1 Å². The molecule has 0 atom stereocenters. The smallest absolute Gasteiger partial charge is 0.253 e. The summed E-state index contributed by atoms with van der Waals surface area (Å²) in [6, 6.07) is 16.2. The van der Waals surface area contributed by atoms with E-state index in [0.29, 0.717) is 22.9 Å². The van der Waals surface area contributed by atoms with E-state index in [4.69, 9.17) is 14.9 Å². The van der Waals surface area contributed by atoms with Crippen molar-refractivity contribution < 1.29 is 13.5 Å². The molecule has 128 valence electrons. The average Bonchev–Trinajstić information content (AvgIpc) is 3.15. The molecule has 0 saturated carbocycles. The predicted octanol–water partition coefficient (Wildman–Crippen LogP) is 4.31. The van der Waals surface area contributed by atoms with Crippen molar-refractivity contribution in [2.75, 3.05) is 5.73 Å². The second kappa shape index (κ2) is 6.64. The molecule has 0 radical (unpaired) electrons. The minimum atomic E-state index is -0.344. The first-order valence-electron chi connectivity index (χ1n) is 7.77. The topological polar surface area (TPSA) is 87.1 Å². The molecule has 0 aliphatic rings. The minimum absolute atomic E-state index is 0.266. The van der Waals surface area contributed by atoms with Gasteiger partial charge in [-0.25, -0.2) is 9.37 Å². The third-order valence-corrected chi connectivity index (χ3v) is 3.61. The van der Waals surface area contributed by atoms with Gasteiger partial charge in [-0.2, -0.15) is 0 Å². The van der Waals surface area contributed by atoms with E-state index in [1.807, 2.05) is 0 Å². The first kappa shape index (κ1) is 15.8. The highest BCUT2D eigenvalue weighted by Gasteiger charge is 2.16. The van der Waals surface area contributed by atoms with Crippen molar-refractivity contribution in [2.45, 2.75) is 0 Å². The minimum Gasteiger partial charge on any atom is -0.438 e.